The minimum Gasteiger partial charge on any atom is -0.467 e. The molecular weight excluding hydrogens is 232 g/mol. The highest BCUT2D eigenvalue weighted by molar-refractivity contribution is 5.04. The summed E-state index contributed by atoms with van der Waals surface area (Å²) >= 11 is 0. The second kappa shape index (κ2) is 6.98. The molecule has 0 aliphatic carbocycles. The molecule has 0 atom stereocenters. The van der Waals surface area contributed by atoms with Crippen LogP contribution in [0.1, 0.15) is 30.6 Å². The number of nitrogens with one attached hydrogen (secondary N) is 1. The Hall–Kier alpha value is -1.59. The van der Waals surface area contributed by atoms with Crippen molar-refractivity contribution in [3.8, 4) is 0 Å². The van der Waals surface area contributed by atoms with E-state index in [4.69, 9.17) is 13.7 Å². The van der Waals surface area contributed by atoms with Crippen LogP contribution < -0.4 is 5.32 Å². The van der Waals surface area contributed by atoms with Crippen molar-refractivity contribution in [3.63, 3.8) is 0 Å². The van der Waals surface area contributed by atoms with E-state index in [2.05, 4.69) is 17.4 Å². The normalized spacial score (nSPS) is 10.9. The van der Waals surface area contributed by atoms with Crippen molar-refractivity contribution in [1.82, 2.24) is 10.5 Å². The second-order valence-electron chi connectivity index (χ2n) is 4.03. The van der Waals surface area contributed by atoms with Gasteiger partial charge >= 0.3 is 0 Å². The number of aromatic nitrogens is 1. The average Bonchev–Trinajstić information content (AvgIpc) is 3.01. The summed E-state index contributed by atoms with van der Waals surface area (Å²) in [4.78, 5) is 0. The van der Waals surface area contributed by atoms with Gasteiger partial charge in [-0.25, -0.2) is 0 Å². The monoisotopic (exact) mass is 250 g/mol. The fraction of sp³-hybridized carbons (Fsp3) is 0.462. The quantitative estimate of drug-likeness (QED) is 0.729. The Labute approximate surface area is 106 Å². The zero-order valence-corrected chi connectivity index (χ0v) is 10.5. The first-order valence-electron chi connectivity index (χ1n) is 6.14. The Morgan fingerprint density at radius 2 is 2.22 bits per heavy atom. The molecule has 2 aromatic rings. The van der Waals surface area contributed by atoms with E-state index in [1.807, 2.05) is 18.2 Å². The summed E-state index contributed by atoms with van der Waals surface area (Å²) in [6, 6.07) is 5.62. The van der Waals surface area contributed by atoms with Crippen molar-refractivity contribution in [1.29, 1.82) is 0 Å². The standard InChI is InChI=1S/C13H18N2O3/c1-2-5-14-8-11-7-13(18-15-11)10-16-9-12-4-3-6-17-12/h3-4,6-7,14H,2,5,8-10H2,1H3. The van der Waals surface area contributed by atoms with E-state index >= 15 is 0 Å². The molecule has 0 saturated heterocycles. The van der Waals surface area contributed by atoms with E-state index in [1.165, 1.54) is 0 Å². The zero-order valence-electron chi connectivity index (χ0n) is 10.5. The predicted molar refractivity (Wildman–Crippen MR) is 65.7 cm³/mol. The van der Waals surface area contributed by atoms with Crippen LogP contribution in [0.15, 0.2) is 33.4 Å². The molecule has 2 rings (SSSR count). The average molecular weight is 250 g/mol. The van der Waals surface area contributed by atoms with E-state index in [-0.39, 0.29) is 0 Å². The fourth-order valence-electron chi connectivity index (χ4n) is 1.55. The van der Waals surface area contributed by atoms with E-state index in [1.54, 1.807) is 6.26 Å². The lowest BCUT2D eigenvalue weighted by atomic mass is 10.3. The highest BCUT2D eigenvalue weighted by Gasteiger charge is 2.04. The highest BCUT2D eigenvalue weighted by Crippen LogP contribution is 2.08. The van der Waals surface area contributed by atoms with Gasteiger partial charge in [-0.2, -0.15) is 0 Å². The summed E-state index contributed by atoms with van der Waals surface area (Å²) in [5.74, 6) is 1.54. The predicted octanol–water partition coefficient (Wildman–Crippen LogP) is 2.48. The molecule has 2 heterocycles. The summed E-state index contributed by atoms with van der Waals surface area (Å²) in [6.45, 7) is 4.69. The molecule has 5 heteroatoms. The molecule has 0 aromatic carbocycles. The molecule has 0 saturated carbocycles. The largest absolute Gasteiger partial charge is 0.467 e. The Balaban J connectivity index is 1.69. The van der Waals surface area contributed by atoms with Crippen molar-refractivity contribution in [2.45, 2.75) is 33.1 Å². The molecule has 0 aliphatic rings. The number of rotatable bonds is 8. The third kappa shape index (κ3) is 4.01. The molecule has 0 fully saturated rings. The molecular formula is C13H18N2O3. The van der Waals surface area contributed by atoms with Crippen LogP contribution in [-0.2, 0) is 24.5 Å². The first-order valence-corrected chi connectivity index (χ1v) is 6.14. The van der Waals surface area contributed by atoms with E-state index in [0.29, 0.717) is 13.2 Å². The molecule has 0 aliphatic heterocycles. The summed E-state index contributed by atoms with van der Waals surface area (Å²) < 4.78 is 15.8. The maximum atomic E-state index is 5.46. The molecule has 5 nitrogen and oxygen atoms in total. The van der Waals surface area contributed by atoms with Gasteiger partial charge in [-0.05, 0) is 25.1 Å². The topological polar surface area (TPSA) is 60.4 Å². The molecule has 0 spiro atoms. The van der Waals surface area contributed by atoms with Gasteiger partial charge in [-0.3, -0.25) is 0 Å². The van der Waals surface area contributed by atoms with Gasteiger partial charge < -0.3 is 19.0 Å². The lowest BCUT2D eigenvalue weighted by molar-refractivity contribution is 0.0763. The maximum Gasteiger partial charge on any atom is 0.162 e. The van der Waals surface area contributed by atoms with Crippen LogP contribution in [0.4, 0.5) is 0 Å². The molecule has 18 heavy (non-hydrogen) atoms. The van der Waals surface area contributed by atoms with Crippen molar-refractivity contribution >= 4 is 0 Å². The van der Waals surface area contributed by atoms with E-state index in [0.717, 1.165) is 36.7 Å². The van der Waals surface area contributed by atoms with Gasteiger partial charge in [0.15, 0.2) is 5.76 Å². The number of furan rings is 1. The van der Waals surface area contributed by atoms with Crippen molar-refractivity contribution in [2.24, 2.45) is 0 Å². The Kier molecular flexibility index (Phi) is 4.99. The Bertz CT molecular complexity index is 437. The zero-order chi connectivity index (χ0) is 12.6. The number of ether oxygens (including phenoxy) is 1. The van der Waals surface area contributed by atoms with Gasteiger partial charge in [-0.15, -0.1) is 0 Å². The van der Waals surface area contributed by atoms with Gasteiger partial charge in [0, 0.05) is 12.6 Å². The second-order valence-corrected chi connectivity index (χ2v) is 4.03. The molecule has 1 N–H and O–H groups in total. The SMILES string of the molecule is CCCNCc1cc(COCc2ccco2)on1. The third-order valence-corrected chi connectivity index (χ3v) is 2.41. The minimum atomic E-state index is 0.404. The number of hydrogen-bond acceptors (Lipinski definition) is 5. The van der Waals surface area contributed by atoms with Gasteiger partial charge in [0.1, 0.15) is 19.0 Å². The Morgan fingerprint density at radius 1 is 1.33 bits per heavy atom. The molecule has 0 amide bonds. The highest BCUT2D eigenvalue weighted by atomic mass is 16.5. The van der Waals surface area contributed by atoms with Crippen LogP contribution in [-0.4, -0.2) is 11.7 Å². The Morgan fingerprint density at radius 3 is 3.00 bits per heavy atom. The number of hydrogen-bond donors (Lipinski definition) is 1. The summed E-state index contributed by atoms with van der Waals surface area (Å²) in [5, 5.41) is 7.23. The van der Waals surface area contributed by atoms with Crippen LogP contribution in [0.2, 0.25) is 0 Å². The van der Waals surface area contributed by atoms with Crippen molar-refractivity contribution < 1.29 is 13.7 Å². The summed E-state index contributed by atoms with van der Waals surface area (Å²) in [5.41, 5.74) is 0.903. The first kappa shape index (κ1) is 12.9. The summed E-state index contributed by atoms with van der Waals surface area (Å²) in [7, 11) is 0. The fourth-order valence-corrected chi connectivity index (χ4v) is 1.55. The minimum absolute atomic E-state index is 0.404. The van der Waals surface area contributed by atoms with Crippen molar-refractivity contribution in [3.05, 3.63) is 41.7 Å². The smallest absolute Gasteiger partial charge is 0.162 e. The van der Waals surface area contributed by atoms with Gasteiger partial charge in [0.05, 0.1) is 12.0 Å². The van der Waals surface area contributed by atoms with E-state index < -0.39 is 0 Å². The van der Waals surface area contributed by atoms with Gasteiger partial charge in [0.25, 0.3) is 0 Å². The van der Waals surface area contributed by atoms with E-state index in [9.17, 15) is 0 Å². The molecule has 0 radical (unpaired) electrons. The lowest BCUT2D eigenvalue weighted by Gasteiger charge is -1.97. The molecule has 2 aromatic heterocycles. The van der Waals surface area contributed by atoms with Crippen molar-refractivity contribution in [2.75, 3.05) is 6.54 Å². The first-order chi connectivity index (χ1) is 8.88. The van der Waals surface area contributed by atoms with Gasteiger partial charge in [0.2, 0.25) is 0 Å². The van der Waals surface area contributed by atoms with Crippen LogP contribution in [0.5, 0.6) is 0 Å². The third-order valence-electron chi connectivity index (χ3n) is 2.41. The van der Waals surface area contributed by atoms with Crippen LogP contribution >= 0.6 is 0 Å². The van der Waals surface area contributed by atoms with Crippen LogP contribution in [0.25, 0.3) is 0 Å². The lowest BCUT2D eigenvalue weighted by Crippen LogP contribution is -2.13. The van der Waals surface area contributed by atoms with Crippen LogP contribution in [0.3, 0.4) is 0 Å². The van der Waals surface area contributed by atoms with Gasteiger partial charge in [-0.1, -0.05) is 12.1 Å². The van der Waals surface area contributed by atoms with Crippen LogP contribution in [0, 0.1) is 0 Å². The molecule has 0 bridgehead atoms. The number of nitrogens with zero attached hydrogens (tertiary/aromatic N) is 1. The molecule has 98 valence electrons. The summed E-state index contributed by atoms with van der Waals surface area (Å²) in [6.07, 6.45) is 2.74. The molecule has 0 unspecified atom stereocenters. The maximum absolute atomic E-state index is 5.46.